The molecular weight excluding hydrogens is 341 g/mol. The van der Waals surface area contributed by atoms with Crippen molar-refractivity contribution < 1.29 is 22.8 Å². The molecule has 0 aromatic heterocycles. The van der Waals surface area contributed by atoms with Crippen molar-refractivity contribution in [3.05, 3.63) is 33.8 Å². The van der Waals surface area contributed by atoms with Crippen molar-refractivity contribution in [3.63, 3.8) is 0 Å². The van der Waals surface area contributed by atoms with E-state index < -0.39 is 23.6 Å². The van der Waals surface area contributed by atoms with Gasteiger partial charge in [-0.25, -0.2) is 0 Å². The average molecular weight is 353 g/mol. The molecule has 0 radical (unpaired) electrons. The fourth-order valence-corrected chi connectivity index (χ4v) is 2.04. The number of carbonyl (C=O) groups is 2. The topological polar surface area (TPSA) is 63.4 Å². The van der Waals surface area contributed by atoms with E-state index in [2.05, 4.69) is 15.9 Å². The van der Waals surface area contributed by atoms with Crippen LogP contribution in [0.1, 0.15) is 22.8 Å². The van der Waals surface area contributed by atoms with Crippen molar-refractivity contribution in [1.82, 2.24) is 4.90 Å². The van der Waals surface area contributed by atoms with Crippen molar-refractivity contribution in [2.45, 2.75) is 13.1 Å². The van der Waals surface area contributed by atoms with Gasteiger partial charge in [0.15, 0.2) is 0 Å². The maximum Gasteiger partial charge on any atom is 0.417 e. The molecule has 20 heavy (non-hydrogen) atoms. The zero-order valence-corrected chi connectivity index (χ0v) is 12.1. The first kappa shape index (κ1) is 16.5. The summed E-state index contributed by atoms with van der Waals surface area (Å²) in [7, 11) is 0. The van der Waals surface area contributed by atoms with E-state index in [1.54, 1.807) is 6.92 Å². The summed E-state index contributed by atoms with van der Waals surface area (Å²) in [6.45, 7) is 1.43. The Morgan fingerprint density at radius 2 is 1.95 bits per heavy atom. The molecule has 0 heterocycles. The number of hydrogen-bond donors (Lipinski definition) is 1. The highest BCUT2D eigenvalue weighted by molar-refractivity contribution is 9.10. The molecule has 0 saturated heterocycles. The number of halogens is 4. The highest BCUT2D eigenvalue weighted by Gasteiger charge is 2.34. The normalized spacial score (nSPS) is 11.2. The van der Waals surface area contributed by atoms with Crippen molar-refractivity contribution in [1.29, 1.82) is 0 Å². The third-order valence-electron chi connectivity index (χ3n) is 2.53. The summed E-state index contributed by atoms with van der Waals surface area (Å²) in [5, 5.41) is 0. The number of nitrogens with zero attached hydrogens (tertiary/aromatic N) is 1. The number of benzene rings is 1. The summed E-state index contributed by atoms with van der Waals surface area (Å²) in [5.74, 6) is -1.40. The molecule has 1 aromatic rings. The SMILES string of the molecule is CCN(CC(N)=O)C(=O)c1ccc(Br)c(C(F)(F)F)c1. The second kappa shape index (κ2) is 6.25. The number of alkyl halides is 3. The maximum absolute atomic E-state index is 12.8. The largest absolute Gasteiger partial charge is 0.417 e. The monoisotopic (exact) mass is 352 g/mol. The van der Waals surface area contributed by atoms with Crippen LogP contribution in [0, 0.1) is 0 Å². The minimum Gasteiger partial charge on any atom is -0.368 e. The lowest BCUT2D eigenvalue weighted by atomic mass is 10.1. The van der Waals surface area contributed by atoms with E-state index in [4.69, 9.17) is 5.73 Å². The lowest BCUT2D eigenvalue weighted by molar-refractivity contribution is -0.138. The molecule has 0 aliphatic rings. The Hall–Kier alpha value is -1.57. The minimum atomic E-state index is -4.57. The van der Waals surface area contributed by atoms with Gasteiger partial charge in [-0.2, -0.15) is 13.2 Å². The molecule has 0 aliphatic heterocycles. The molecule has 110 valence electrons. The molecule has 4 nitrogen and oxygen atoms in total. The van der Waals surface area contributed by atoms with Crippen LogP contribution in [0.2, 0.25) is 0 Å². The quantitative estimate of drug-likeness (QED) is 0.904. The lowest BCUT2D eigenvalue weighted by Gasteiger charge is -2.20. The second-order valence-corrected chi connectivity index (χ2v) is 4.83. The summed E-state index contributed by atoms with van der Waals surface area (Å²) < 4.78 is 38.1. The van der Waals surface area contributed by atoms with E-state index in [-0.39, 0.29) is 23.1 Å². The summed E-state index contributed by atoms with van der Waals surface area (Å²) in [5.41, 5.74) is 3.89. The van der Waals surface area contributed by atoms with E-state index in [0.717, 1.165) is 17.0 Å². The average Bonchev–Trinajstić information content (AvgIpc) is 2.34. The van der Waals surface area contributed by atoms with Gasteiger partial charge in [0.05, 0.1) is 12.1 Å². The molecule has 0 fully saturated rings. The van der Waals surface area contributed by atoms with Crippen molar-refractivity contribution in [2.75, 3.05) is 13.1 Å². The molecule has 0 saturated carbocycles. The molecule has 0 unspecified atom stereocenters. The number of nitrogens with two attached hydrogens (primary N) is 1. The third-order valence-corrected chi connectivity index (χ3v) is 3.23. The van der Waals surface area contributed by atoms with Crippen molar-refractivity contribution >= 4 is 27.7 Å². The van der Waals surface area contributed by atoms with Crippen LogP contribution in [-0.2, 0) is 11.0 Å². The van der Waals surface area contributed by atoms with E-state index in [0.29, 0.717) is 0 Å². The molecule has 1 aromatic carbocycles. The minimum absolute atomic E-state index is 0.149. The molecule has 8 heteroatoms. The van der Waals surface area contributed by atoms with Crippen molar-refractivity contribution in [2.24, 2.45) is 5.73 Å². The Kier molecular flexibility index (Phi) is 5.15. The predicted octanol–water partition coefficient (Wildman–Crippen LogP) is 2.42. The molecule has 0 atom stereocenters. The van der Waals surface area contributed by atoms with Gasteiger partial charge < -0.3 is 10.6 Å². The van der Waals surface area contributed by atoms with Crippen LogP contribution < -0.4 is 5.73 Å². The van der Waals surface area contributed by atoms with Crippen LogP contribution in [0.3, 0.4) is 0 Å². The standard InChI is InChI=1S/C12H12BrF3N2O2/c1-2-18(6-10(17)19)11(20)7-3-4-9(13)8(5-7)12(14,15)16/h3-5H,2,6H2,1H3,(H2,17,19). The summed E-state index contributed by atoms with van der Waals surface area (Å²) in [6.07, 6.45) is -4.57. The fraction of sp³-hybridized carbons (Fsp3) is 0.333. The fourth-order valence-electron chi connectivity index (χ4n) is 1.57. The Morgan fingerprint density at radius 1 is 1.35 bits per heavy atom. The zero-order valence-electron chi connectivity index (χ0n) is 10.5. The Balaban J connectivity index is 3.14. The van der Waals surface area contributed by atoms with Crippen LogP contribution in [0.15, 0.2) is 22.7 Å². The van der Waals surface area contributed by atoms with E-state index in [9.17, 15) is 22.8 Å². The van der Waals surface area contributed by atoms with Crippen LogP contribution in [-0.4, -0.2) is 29.8 Å². The van der Waals surface area contributed by atoms with Gasteiger partial charge in [0, 0.05) is 16.6 Å². The highest BCUT2D eigenvalue weighted by Crippen LogP contribution is 2.35. The first-order chi connectivity index (χ1) is 9.16. The van der Waals surface area contributed by atoms with Crippen LogP contribution in [0.25, 0.3) is 0 Å². The first-order valence-corrected chi connectivity index (χ1v) is 6.40. The molecule has 1 rings (SSSR count). The van der Waals surface area contributed by atoms with Gasteiger partial charge in [-0.05, 0) is 25.1 Å². The highest BCUT2D eigenvalue weighted by atomic mass is 79.9. The summed E-state index contributed by atoms with van der Waals surface area (Å²) in [6, 6.07) is 3.15. The maximum atomic E-state index is 12.8. The van der Waals surface area contributed by atoms with Crippen LogP contribution in [0.5, 0.6) is 0 Å². The number of hydrogen-bond acceptors (Lipinski definition) is 2. The summed E-state index contributed by atoms with van der Waals surface area (Å²) >= 11 is 2.79. The van der Waals surface area contributed by atoms with Gasteiger partial charge >= 0.3 is 6.18 Å². The molecule has 2 amide bonds. The lowest BCUT2D eigenvalue weighted by Crippen LogP contribution is -2.38. The number of rotatable bonds is 4. The molecule has 0 bridgehead atoms. The predicted molar refractivity (Wildman–Crippen MR) is 69.9 cm³/mol. The van der Waals surface area contributed by atoms with E-state index >= 15 is 0 Å². The zero-order chi connectivity index (χ0) is 15.5. The van der Waals surface area contributed by atoms with Gasteiger partial charge in [0.2, 0.25) is 5.91 Å². The van der Waals surface area contributed by atoms with Crippen LogP contribution >= 0.6 is 15.9 Å². The van der Waals surface area contributed by atoms with E-state index in [1.807, 2.05) is 0 Å². The number of carbonyl (C=O) groups excluding carboxylic acids is 2. The van der Waals surface area contributed by atoms with Gasteiger partial charge in [0.1, 0.15) is 0 Å². The second-order valence-electron chi connectivity index (χ2n) is 3.98. The Labute approximate surface area is 121 Å². The first-order valence-electron chi connectivity index (χ1n) is 5.61. The Morgan fingerprint density at radius 3 is 2.40 bits per heavy atom. The van der Waals surface area contributed by atoms with Crippen molar-refractivity contribution in [3.8, 4) is 0 Å². The molecule has 0 spiro atoms. The Bertz CT molecular complexity index is 532. The smallest absolute Gasteiger partial charge is 0.368 e. The number of primary amides is 1. The number of amides is 2. The molecular formula is C12H12BrF3N2O2. The van der Waals surface area contributed by atoms with Gasteiger partial charge in [0.25, 0.3) is 5.91 Å². The van der Waals surface area contributed by atoms with E-state index in [1.165, 1.54) is 6.07 Å². The van der Waals surface area contributed by atoms with Gasteiger partial charge in [-0.3, -0.25) is 9.59 Å². The van der Waals surface area contributed by atoms with Gasteiger partial charge in [-0.1, -0.05) is 15.9 Å². The third kappa shape index (κ3) is 3.96. The van der Waals surface area contributed by atoms with Gasteiger partial charge in [-0.15, -0.1) is 0 Å². The molecule has 2 N–H and O–H groups in total. The summed E-state index contributed by atoms with van der Waals surface area (Å²) in [4.78, 5) is 23.9. The van der Waals surface area contributed by atoms with Crippen LogP contribution in [0.4, 0.5) is 13.2 Å². The molecule has 0 aliphatic carbocycles. The number of likely N-dealkylation sites (N-methyl/N-ethyl adjacent to an activating group) is 1.